The third kappa shape index (κ3) is 4.21. The van der Waals surface area contributed by atoms with Crippen molar-refractivity contribution >= 4 is 10.8 Å². The van der Waals surface area contributed by atoms with Crippen molar-refractivity contribution in [2.75, 3.05) is 6.61 Å². The average Bonchev–Trinajstić information content (AvgIpc) is 2.58. The van der Waals surface area contributed by atoms with Gasteiger partial charge in [-0.2, -0.15) is 0 Å². The second kappa shape index (κ2) is 7.43. The molecule has 0 aliphatic carbocycles. The van der Waals surface area contributed by atoms with E-state index in [2.05, 4.69) is 0 Å². The Kier molecular flexibility index (Phi) is 5.08. The molecule has 3 aromatic rings. The van der Waals surface area contributed by atoms with E-state index in [4.69, 9.17) is 9.47 Å². The third-order valence-corrected chi connectivity index (χ3v) is 3.94. The number of pyridine rings is 1. The fourth-order valence-corrected chi connectivity index (χ4v) is 2.68. The Bertz CT molecular complexity index is 911. The molecular weight excluding hydrogens is 314 g/mol. The molecule has 0 saturated heterocycles. The van der Waals surface area contributed by atoms with Crippen LogP contribution in [0.25, 0.3) is 10.8 Å². The van der Waals surface area contributed by atoms with Crippen molar-refractivity contribution < 1.29 is 9.47 Å². The van der Waals surface area contributed by atoms with E-state index in [0.29, 0.717) is 18.5 Å². The van der Waals surface area contributed by atoms with Gasteiger partial charge in [0.05, 0.1) is 12.6 Å². The first-order valence-electron chi connectivity index (χ1n) is 8.52. The normalized spacial score (nSPS) is 11.0. The van der Waals surface area contributed by atoms with Crippen LogP contribution in [0, 0.1) is 6.92 Å². The predicted molar refractivity (Wildman–Crippen MR) is 101 cm³/mol. The lowest BCUT2D eigenvalue weighted by atomic mass is 10.1. The number of hydrogen-bond donors (Lipinski definition) is 0. The lowest BCUT2D eigenvalue weighted by molar-refractivity contribution is 0.243. The molecule has 0 unspecified atom stereocenters. The molecule has 0 amide bonds. The molecule has 0 radical (unpaired) electrons. The summed E-state index contributed by atoms with van der Waals surface area (Å²) in [6.07, 6.45) is 1.92. The van der Waals surface area contributed by atoms with Crippen LogP contribution in [0.5, 0.6) is 11.5 Å². The maximum Gasteiger partial charge on any atom is 0.258 e. The van der Waals surface area contributed by atoms with Gasteiger partial charge in [-0.3, -0.25) is 4.79 Å². The van der Waals surface area contributed by atoms with Gasteiger partial charge in [0.1, 0.15) is 18.1 Å². The van der Waals surface area contributed by atoms with Gasteiger partial charge in [0.25, 0.3) is 5.56 Å². The minimum absolute atomic E-state index is 0.0129. The highest BCUT2D eigenvalue weighted by atomic mass is 16.5. The predicted octanol–water partition coefficient (Wildman–Crippen LogP) is 4.18. The van der Waals surface area contributed by atoms with E-state index >= 15 is 0 Å². The van der Waals surface area contributed by atoms with Crippen molar-refractivity contribution in [1.82, 2.24) is 4.57 Å². The van der Waals surface area contributed by atoms with Gasteiger partial charge in [-0.15, -0.1) is 0 Å². The molecule has 130 valence electrons. The average molecular weight is 337 g/mol. The first-order chi connectivity index (χ1) is 12.0. The lowest BCUT2D eigenvalue weighted by Crippen LogP contribution is -2.22. The summed E-state index contributed by atoms with van der Waals surface area (Å²) in [7, 11) is 0. The van der Waals surface area contributed by atoms with E-state index in [1.807, 2.05) is 75.5 Å². The second-order valence-corrected chi connectivity index (χ2v) is 6.39. The number of nitrogens with zero attached hydrogens (tertiary/aromatic N) is 1. The Hall–Kier alpha value is -2.75. The highest BCUT2D eigenvalue weighted by molar-refractivity contribution is 5.82. The molecule has 4 nitrogen and oxygen atoms in total. The fraction of sp³-hybridized carbons (Fsp3) is 0.286. The van der Waals surface area contributed by atoms with Crippen LogP contribution in [0.1, 0.15) is 19.4 Å². The Morgan fingerprint density at radius 2 is 1.72 bits per heavy atom. The van der Waals surface area contributed by atoms with Crippen molar-refractivity contribution in [3.05, 3.63) is 70.6 Å². The molecule has 0 saturated carbocycles. The minimum atomic E-state index is -0.0129. The number of aromatic nitrogens is 1. The molecule has 1 aromatic heterocycles. The quantitative estimate of drug-likeness (QED) is 0.677. The molecule has 4 heteroatoms. The van der Waals surface area contributed by atoms with Crippen molar-refractivity contribution in [3.8, 4) is 11.5 Å². The van der Waals surface area contributed by atoms with Crippen LogP contribution >= 0.6 is 0 Å². The van der Waals surface area contributed by atoms with Crippen LogP contribution in [-0.2, 0) is 6.54 Å². The van der Waals surface area contributed by atoms with Gasteiger partial charge >= 0.3 is 0 Å². The van der Waals surface area contributed by atoms with Gasteiger partial charge in [-0.25, -0.2) is 0 Å². The summed E-state index contributed by atoms with van der Waals surface area (Å²) < 4.78 is 13.1. The summed E-state index contributed by atoms with van der Waals surface area (Å²) in [5.74, 6) is 1.59. The molecule has 0 fully saturated rings. The van der Waals surface area contributed by atoms with Crippen LogP contribution < -0.4 is 15.0 Å². The molecule has 3 rings (SSSR count). The van der Waals surface area contributed by atoms with Gasteiger partial charge in [0.2, 0.25) is 0 Å². The molecule has 0 aliphatic heterocycles. The Balaban J connectivity index is 1.72. The molecule has 0 aliphatic rings. The number of ether oxygens (including phenoxy) is 2. The largest absolute Gasteiger partial charge is 0.492 e. The molecular formula is C21H23NO3. The zero-order chi connectivity index (χ0) is 17.8. The van der Waals surface area contributed by atoms with Crippen LogP contribution in [-0.4, -0.2) is 17.3 Å². The van der Waals surface area contributed by atoms with Crippen molar-refractivity contribution in [2.24, 2.45) is 0 Å². The molecule has 25 heavy (non-hydrogen) atoms. The van der Waals surface area contributed by atoms with Crippen LogP contribution in [0.4, 0.5) is 0 Å². The van der Waals surface area contributed by atoms with E-state index in [1.165, 1.54) is 5.56 Å². The Morgan fingerprint density at radius 1 is 1.00 bits per heavy atom. The summed E-state index contributed by atoms with van der Waals surface area (Å²) in [5.41, 5.74) is 1.18. The highest BCUT2D eigenvalue weighted by Gasteiger charge is 2.06. The number of hydrogen-bond acceptors (Lipinski definition) is 3. The van der Waals surface area contributed by atoms with Crippen molar-refractivity contribution in [3.63, 3.8) is 0 Å². The van der Waals surface area contributed by atoms with Gasteiger partial charge in [0.15, 0.2) is 0 Å². The van der Waals surface area contributed by atoms with Crippen LogP contribution in [0.3, 0.4) is 0 Å². The van der Waals surface area contributed by atoms with E-state index in [1.54, 1.807) is 4.57 Å². The standard InChI is InChI=1S/C21H23NO3/c1-15(2)25-19-8-9-20-17(14-19)10-11-22(21(20)23)12-13-24-18-6-4-16(3)5-7-18/h4-11,14-15H,12-13H2,1-3H3. The number of rotatable bonds is 6. The second-order valence-electron chi connectivity index (χ2n) is 6.39. The SMILES string of the molecule is Cc1ccc(OCCn2ccc3cc(OC(C)C)ccc3c2=O)cc1. The summed E-state index contributed by atoms with van der Waals surface area (Å²) in [6, 6.07) is 15.4. The van der Waals surface area contributed by atoms with E-state index in [-0.39, 0.29) is 11.7 Å². The van der Waals surface area contributed by atoms with E-state index < -0.39 is 0 Å². The summed E-state index contributed by atoms with van der Waals surface area (Å²) in [6.45, 7) is 6.96. The van der Waals surface area contributed by atoms with Crippen LogP contribution in [0.15, 0.2) is 59.5 Å². The molecule has 0 atom stereocenters. The third-order valence-electron chi connectivity index (χ3n) is 3.94. The number of fused-ring (bicyclic) bond motifs is 1. The summed E-state index contributed by atoms with van der Waals surface area (Å²) in [5, 5.41) is 1.58. The molecule has 1 heterocycles. The van der Waals surface area contributed by atoms with Crippen LogP contribution in [0.2, 0.25) is 0 Å². The van der Waals surface area contributed by atoms with Gasteiger partial charge in [0, 0.05) is 11.6 Å². The fourth-order valence-electron chi connectivity index (χ4n) is 2.68. The topological polar surface area (TPSA) is 40.5 Å². The molecule has 0 bridgehead atoms. The highest BCUT2D eigenvalue weighted by Crippen LogP contribution is 2.19. The van der Waals surface area contributed by atoms with Gasteiger partial charge < -0.3 is 14.0 Å². The molecule has 0 N–H and O–H groups in total. The zero-order valence-electron chi connectivity index (χ0n) is 14.9. The van der Waals surface area contributed by atoms with Crippen molar-refractivity contribution in [1.29, 1.82) is 0 Å². The Morgan fingerprint density at radius 3 is 2.44 bits per heavy atom. The Labute approximate surface area is 147 Å². The minimum Gasteiger partial charge on any atom is -0.492 e. The monoisotopic (exact) mass is 337 g/mol. The van der Waals surface area contributed by atoms with E-state index in [0.717, 1.165) is 16.9 Å². The number of benzene rings is 2. The van der Waals surface area contributed by atoms with Gasteiger partial charge in [-0.1, -0.05) is 17.7 Å². The molecule has 0 spiro atoms. The first kappa shape index (κ1) is 17.1. The zero-order valence-corrected chi connectivity index (χ0v) is 14.9. The maximum absolute atomic E-state index is 12.6. The molecule has 2 aromatic carbocycles. The van der Waals surface area contributed by atoms with Gasteiger partial charge in [-0.05, 0) is 62.6 Å². The van der Waals surface area contributed by atoms with Crippen molar-refractivity contribution in [2.45, 2.75) is 33.4 Å². The van der Waals surface area contributed by atoms with E-state index in [9.17, 15) is 4.79 Å². The summed E-state index contributed by atoms with van der Waals surface area (Å²) in [4.78, 5) is 12.6. The number of aryl methyl sites for hydroxylation is 1. The summed E-state index contributed by atoms with van der Waals surface area (Å²) >= 11 is 0. The first-order valence-corrected chi connectivity index (χ1v) is 8.52. The lowest BCUT2D eigenvalue weighted by Gasteiger charge is -2.12. The smallest absolute Gasteiger partial charge is 0.258 e. The maximum atomic E-state index is 12.6.